The summed E-state index contributed by atoms with van der Waals surface area (Å²) in [5.74, 6) is 0. The Kier molecular flexibility index (Phi) is 4.11. The number of rotatable bonds is 3. The Labute approximate surface area is 95.7 Å². The van der Waals surface area contributed by atoms with Crippen LogP contribution in [0.25, 0.3) is 0 Å². The lowest BCUT2D eigenvalue weighted by atomic mass is 10.3. The maximum atomic E-state index is 4.12. The zero-order valence-electron chi connectivity index (χ0n) is 9.35. The van der Waals surface area contributed by atoms with Crippen molar-refractivity contribution in [3.05, 3.63) is 16.6 Å². The predicted molar refractivity (Wildman–Crippen MR) is 64.1 cm³/mol. The topological polar surface area (TPSA) is 19.4 Å². The van der Waals surface area contributed by atoms with Crippen molar-refractivity contribution in [3.63, 3.8) is 0 Å². The lowest BCUT2D eigenvalue weighted by molar-refractivity contribution is 0.259. The molecule has 0 spiro atoms. The molecule has 15 heavy (non-hydrogen) atoms. The summed E-state index contributed by atoms with van der Waals surface area (Å²) in [6.07, 6.45) is 3.29. The maximum absolute atomic E-state index is 4.12. The fourth-order valence-corrected chi connectivity index (χ4v) is 2.68. The van der Waals surface area contributed by atoms with Gasteiger partial charge in [-0.2, -0.15) is 0 Å². The van der Waals surface area contributed by atoms with Gasteiger partial charge in [0.05, 0.1) is 5.51 Å². The first-order chi connectivity index (χ1) is 7.38. The highest BCUT2D eigenvalue weighted by Gasteiger charge is 2.13. The highest BCUT2D eigenvalue weighted by molar-refractivity contribution is 7.09. The molecule has 1 saturated heterocycles. The SMILES string of the molecule is CCN1CCCN(Cc2cncs2)CC1. The van der Waals surface area contributed by atoms with E-state index in [4.69, 9.17) is 0 Å². The molecule has 0 saturated carbocycles. The second-order valence-corrected chi connectivity index (χ2v) is 5.00. The Hall–Kier alpha value is -0.450. The van der Waals surface area contributed by atoms with Crippen molar-refractivity contribution in [1.29, 1.82) is 0 Å². The molecular formula is C11H19N3S. The summed E-state index contributed by atoms with van der Waals surface area (Å²) < 4.78 is 0. The standard InChI is InChI=1S/C11H19N3S/c1-2-13-4-3-5-14(7-6-13)9-11-8-12-10-15-11/h8,10H,2-7,9H2,1H3. The van der Waals surface area contributed by atoms with Crippen LogP contribution in [0.1, 0.15) is 18.2 Å². The average molecular weight is 225 g/mol. The van der Waals surface area contributed by atoms with Crippen LogP contribution >= 0.6 is 11.3 Å². The van der Waals surface area contributed by atoms with E-state index >= 15 is 0 Å². The van der Waals surface area contributed by atoms with Gasteiger partial charge in [0, 0.05) is 30.7 Å². The molecule has 1 aromatic rings. The number of hydrogen-bond acceptors (Lipinski definition) is 4. The molecular weight excluding hydrogens is 206 g/mol. The normalized spacial score (nSPS) is 20.3. The molecule has 3 nitrogen and oxygen atoms in total. The summed E-state index contributed by atoms with van der Waals surface area (Å²) in [5.41, 5.74) is 1.92. The van der Waals surface area contributed by atoms with Gasteiger partial charge in [-0.25, -0.2) is 0 Å². The minimum Gasteiger partial charge on any atom is -0.302 e. The van der Waals surface area contributed by atoms with Gasteiger partial charge in [-0.1, -0.05) is 6.92 Å². The van der Waals surface area contributed by atoms with E-state index < -0.39 is 0 Å². The van der Waals surface area contributed by atoms with Crippen LogP contribution in [0.3, 0.4) is 0 Å². The van der Waals surface area contributed by atoms with Gasteiger partial charge >= 0.3 is 0 Å². The van der Waals surface area contributed by atoms with Crippen molar-refractivity contribution in [1.82, 2.24) is 14.8 Å². The molecule has 1 aromatic heterocycles. The van der Waals surface area contributed by atoms with Gasteiger partial charge in [0.2, 0.25) is 0 Å². The summed E-state index contributed by atoms with van der Waals surface area (Å²) in [4.78, 5) is 10.6. The van der Waals surface area contributed by atoms with E-state index in [9.17, 15) is 0 Å². The minimum absolute atomic E-state index is 1.09. The number of nitrogens with zero attached hydrogens (tertiary/aromatic N) is 3. The van der Waals surface area contributed by atoms with Crippen LogP contribution in [0.5, 0.6) is 0 Å². The van der Waals surface area contributed by atoms with Crippen LogP contribution in [0, 0.1) is 0 Å². The van der Waals surface area contributed by atoms with Gasteiger partial charge in [-0.05, 0) is 26.1 Å². The first-order valence-corrected chi connectivity index (χ1v) is 6.58. The van der Waals surface area contributed by atoms with Crippen LogP contribution < -0.4 is 0 Å². The third-order valence-corrected chi connectivity index (χ3v) is 3.76. The van der Waals surface area contributed by atoms with Gasteiger partial charge in [-0.15, -0.1) is 11.3 Å². The van der Waals surface area contributed by atoms with Crippen LogP contribution in [-0.4, -0.2) is 47.5 Å². The monoisotopic (exact) mass is 225 g/mol. The molecule has 0 unspecified atom stereocenters. The van der Waals surface area contributed by atoms with E-state index in [0.717, 1.165) is 6.54 Å². The lowest BCUT2D eigenvalue weighted by Crippen LogP contribution is -2.30. The van der Waals surface area contributed by atoms with E-state index in [-0.39, 0.29) is 0 Å². The molecule has 2 rings (SSSR count). The second-order valence-electron chi connectivity index (χ2n) is 4.03. The fraction of sp³-hybridized carbons (Fsp3) is 0.727. The van der Waals surface area contributed by atoms with Gasteiger partial charge in [0.15, 0.2) is 0 Å². The van der Waals surface area contributed by atoms with Crippen LogP contribution in [0.4, 0.5) is 0 Å². The zero-order valence-corrected chi connectivity index (χ0v) is 10.2. The van der Waals surface area contributed by atoms with E-state index in [1.165, 1.54) is 44.0 Å². The highest BCUT2D eigenvalue weighted by Crippen LogP contribution is 2.11. The van der Waals surface area contributed by atoms with Gasteiger partial charge in [0.25, 0.3) is 0 Å². The van der Waals surface area contributed by atoms with Crippen molar-refractivity contribution >= 4 is 11.3 Å². The summed E-state index contributed by atoms with van der Waals surface area (Å²) >= 11 is 1.76. The van der Waals surface area contributed by atoms with Crippen molar-refractivity contribution in [2.24, 2.45) is 0 Å². The smallest absolute Gasteiger partial charge is 0.0794 e. The lowest BCUT2D eigenvalue weighted by Gasteiger charge is -2.19. The van der Waals surface area contributed by atoms with Crippen molar-refractivity contribution in [2.75, 3.05) is 32.7 Å². The molecule has 2 heterocycles. The Morgan fingerprint density at radius 1 is 1.27 bits per heavy atom. The quantitative estimate of drug-likeness (QED) is 0.780. The summed E-state index contributed by atoms with van der Waals surface area (Å²) in [5, 5.41) is 0. The minimum atomic E-state index is 1.09. The fourth-order valence-electron chi connectivity index (χ4n) is 2.04. The number of likely N-dealkylation sites (N-methyl/N-ethyl adjacent to an activating group) is 1. The average Bonchev–Trinajstić information content (AvgIpc) is 2.64. The number of thiazole rings is 1. The summed E-state index contributed by atoms with van der Waals surface area (Å²) in [7, 11) is 0. The van der Waals surface area contributed by atoms with Crippen molar-refractivity contribution in [3.8, 4) is 0 Å². The Morgan fingerprint density at radius 2 is 2.07 bits per heavy atom. The molecule has 1 fully saturated rings. The molecule has 0 N–H and O–H groups in total. The second kappa shape index (κ2) is 5.58. The largest absolute Gasteiger partial charge is 0.302 e. The van der Waals surface area contributed by atoms with E-state index in [0.29, 0.717) is 0 Å². The first kappa shape index (κ1) is 11.0. The molecule has 1 aliphatic rings. The van der Waals surface area contributed by atoms with Crippen LogP contribution in [0.2, 0.25) is 0 Å². The molecule has 0 aliphatic carbocycles. The molecule has 84 valence electrons. The van der Waals surface area contributed by atoms with Crippen molar-refractivity contribution in [2.45, 2.75) is 19.9 Å². The molecule has 0 aromatic carbocycles. The number of hydrogen-bond donors (Lipinski definition) is 0. The number of aromatic nitrogens is 1. The van der Waals surface area contributed by atoms with Gasteiger partial charge in [0.1, 0.15) is 0 Å². The predicted octanol–water partition coefficient (Wildman–Crippen LogP) is 1.67. The molecule has 0 bridgehead atoms. The van der Waals surface area contributed by atoms with Crippen LogP contribution in [-0.2, 0) is 6.54 Å². The summed E-state index contributed by atoms with van der Waals surface area (Å²) in [6.45, 7) is 9.43. The van der Waals surface area contributed by atoms with Gasteiger partial charge < -0.3 is 4.90 Å². The van der Waals surface area contributed by atoms with Crippen molar-refractivity contribution < 1.29 is 0 Å². The molecule has 4 heteroatoms. The third kappa shape index (κ3) is 3.26. The zero-order chi connectivity index (χ0) is 10.5. The maximum Gasteiger partial charge on any atom is 0.0794 e. The molecule has 1 aliphatic heterocycles. The molecule has 0 amide bonds. The first-order valence-electron chi connectivity index (χ1n) is 5.70. The third-order valence-electron chi connectivity index (χ3n) is 2.99. The Balaban J connectivity index is 1.83. The van der Waals surface area contributed by atoms with E-state index in [2.05, 4.69) is 21.7 Å². The molecule has 0 radical (unpaired) electrons. The van der Waals surface area contributed by atoms with Crippen LogP contribution in [0.15, 0.2) is 11.7 Å². The summed E-state index contributed by atoms with van der Waals surface area (Å²) in [6, 6.07) is 0. The molecule has 0 atom stereocenters. The van der Waals surface area contributed by atoms with E-state index in [1.54, 1.807) is 11.3 Å². The highest BCUT2D eigenvalue weighted by atomic mass is 32.1. The Bertz CT molecular complexity index is 273. The van der Waals surface area contributed by atoms with Gasteiger partial charge in [-0.3, -0.25) is 9.88 Å². The van der Waals surface area contributed by atoms with E-state index in [1.807, 2.05) is 11.7 Å². The Morgan fingerprint density at radius 3 is 2.80 bits per heavy atom.